The molecule has 0 amide bonds. The van der Waals surface area contributed by atoms with Gasteiger partial charge in [0, 0.05) is 36.1 Å². The summed E-state index contributed by atoms with van der Waals surface area (Å²) in [7, 11) is 0. The van der Waals surface area contributed by atoms with Gasteiger partial charge in [0.1, 0.15) is 11.5 Å². The summed E-state index contributed by atoms with van der Waals surface area (Å²) in [5.74, 6) is 0.704. The fourth-order valence-corrected chi connectivity index (χ4v) is 4.61. The fourth-order valence-electron chi connectivity index (χ4n) is 4.61. The Hall–Kier alpha value is -3.33. The quantitative estimate of drug-likeness (QED) is 0.395. The van der Waals surface area contributed by atoms with Crippen molar-refractivity contribution in [3.05, 3.63) is 60.0 Å². The molecule has 9 heteroatoms. The van der Waals surface area contributed by atoms with E-state index in [-0.39, 0.29) is 28.8 Å². The van der Waals surface area contributed by atoms with Gasteiger partial charge >= 0.3 is 0 Å². The Morgan fingerprint density at radius 3 is 2.49 bits per heavy atom. The van der Waals surface area contributed by atoms with E-state index >= 15 is 0 Å². The molecule has 0 spiro atoms. The summed E-state index contributed by atoms with van der Waals surface area (Å²) < 4.78 is 30.9. The molecule has 1 fully saturated rings. The van der Waals surface area contributed by atoms with E-state index in [1.165, 1.54) is 4.68 Å². The molecule has 184 valence electrons. The number of hydrogen-bond acceptors (Lipinski definition) is 5. The number of nitrogens with two attached hydrogens (primary N) is 1. The minimum Gasteiger partial charge on any atom is -0.366 e. The van der Waals surface area contributed by atoms with Crippen LogP contribution in [0.5, 0.6) is 0 Å². The molecule has 0 aliphatic heterocycles. The standard InChI is InChI=1S/C26H31F2N7/c1-26(2,3)16-8-10-17(11-9-16)35-15-18(24(33-35)25(27)28)21-14-23-31-22(12-13-34(23)32-21)30-20-7-5-4-6-19(20)29/h8-15,19-20,25H,4-7,29H2,1-3H3,(H,30,31)/t19-,20+/m1/s1. The molecule has 1 aromatic carbocycles. The molecule has 0 bridgehead atoms. The van der Waals surface area contributed by atoms with E-state index in [1.807, 2.05) is 30.3 Å². The molecule has 2 atom stereocenters. The molecule has 1 saturated carbocycles. The Morgan fingerprint density at radius 2 is 1.80 bits per heavy atom. The van der Waals surface area contributed by atoms with Crippen molar-refractivity contribution in [2.45, 2.75) is 70.4 Å². The molecule has 1 aliphatic rings. The van der Waals surface area contributed by atoms with Crippen molar-refractivity contribution >= 4 is 11.5 Å². The highest BCUT2D eigenvalue weighted by Crippen LogP contribution is 2.32. The molecular weight excluding hydrogens is 448 g/mol. The molecule has 4 aromatic rings. The van der Waals surface area contributed by atoms with Gasteiger partial charge in [-0.2, -0.15) is 10.2 Å². The fraction of sp³-hybridized carbons (Fsp3) is 0.423. The van der Waals surface area contributed by atoms with E-state index < -0.39 is 6.43 Å². The van der Waals surface area contributed by atoms with Gasteiger partial charge in [-0.05, 0) is 42.0 Å². The SMILES string of the molecule is CC(C)(C)c1ccc(-n2cc(-c3cc4nc(N[C@H]5CCCC[C@H]5N)ccn4n3)c(C(F)F)n2)cc1. The predicted octanol–water partition coefficient (Wildman–Crippen LogP) is 5.50. The van der Waals surface area contributed by atoms with Gasteiger partial charge in [0.05, 0.1) is 11.4 Å². The summed E-state index contributed by atoms with van der Waals surface area (Å²) >= 11 is 0. The minimum absolute atomic E-state index is 0.00123. The summed E-state index contributed by atoms with van der Waals surface area (Å²) in [5.41, 5.74) is 9.08. The lowest BCUT2D eigenvalue weighted by Gasteiger charge is -2.29. The van der Waals surface area contributed by atoms with Crippen LogP contribution in [0.2, 0.25) is 0 Å². The highest BCUT2D eigenvalue weighted by atomic mass is 19.3. The molecule has 0 saturated heterocycles. The van der Waals surface area contributed by atoms with Gasteiger partial charge in [-0.3, -0.25) is 0 Å². The number of anilines is 1. The van der Waals surface area contributed by atoms with Crippen LogP contribution in [0.3, 0.4) is 0 Å². The first-order valence-electron chi connectivity index (χ1n) is 12.1. The number of alkyl halides is 2. The number of nitrogens with one attached hydrogen (secondary N) is 1. The number of benzene rings is 1. The molecule has 35 heavy (non-hydrogen) atoms. The number of nitrogens with zero attached hydrogens (tertiary/aromatic N) is 5. The van der Waals surface area contributed by atoms with Gasteiger partial charge < -0.3 is 11.1 Å². The molecule has 0 radical (unpaired) electrons. The third-order valence-corrected chi connectivity index (χ3v) is 6.70. The van der Waals surface area contributed by atoms with Crippen LogP contribution in [0.4, 0.5) is 14.6 Å². The van der Waals surface area contributed by atoms with Crippen LogP contribution in [-0.2, 0) is 5.41 Å². The highest BCUT2D eigenvalue weighted by molar-refractivity contribution is 5.67. The second-order valence-corrected chi connectivity index (χ2v) is 10.3. The summed E-state index contributed by atoms with van der Waals surface area (Å²) in [4.78, 5) is 4.64. The van der Waals surface area contributed by atoms with Gasteiger partial charge in [0.2, 0.25) is 0 Å². The van der Waals surface area contributed by atoms with E-state index in [4.69, 9.17) is 5.73 Å². The number of rotatable bonds is 5. The van der Waals surface area contributed by atoms with Gasteiger partial charge in [0.15, 0.2) is 5.65 Å². The predicted molar refractivity (Wildman–Crippen MR) is 133 cm³/mol. The third kappa shape index (κ3) is 4.77. The van der Waals surface area contributed by atoms with Gasteiger partial charge in [-0.25, -0.2) is 23.0 Å². The maximum Gasteiger partial charge on any atom is 0.282 e. The summed E-state index contributed by atoms with van der Waals surface area (Å²) in [6, 6.07) is 11.6. The smallest absolute Gasteiger partial charge is 0.282 e. The highest BCUT2D eigenvalue weighted by Gasteiger charge is 2.24. The first kappa shape index (κ1) is 23.4. The average molecular weight is 480 g/mol. The topological polar surface area (TPSA) is 86.1 Å². The van der Waals surface area contributed by atoms with Crippen molar-refractivity contribution < 1.29 is 8.78 Å². The van der Waals surface area contributed by atoms with Crippen molar-refractivity contribution in [3.63, 3.8) is 0 Å². The van der Waals surface area contributed by atoms with Crippen LogP contribution in [0.1, 0.15) is 64.1 Å². The minimum atomic E-state index is -2.73. The number of fused-ring (bicyclic) bond motifs is 1. The first-order chi connectivity index (χ1) is 16.7. The molecule has 7 nitrogen and oxygen atoms in total. The normalized spacial score (nSPS) is 18.9. The van der Waals surface area contributed by atoms with Crippen molar-refractivity contribution in [1.29, 1.82) is 0 Å². The lowest BCUT2D eigenvalue weighted by molar-refractivity contribution is 0.146. The van der Waals surface area contributed by atoms with E-state index in [0.717, 1.165) is 31.2 Å². The van der Waals surface area contributed by atoms with Crippen LogP contribution in [0.15, 0.2) is 48.8 Å². The Bertz CT molecular complexity index is 1320. The molecule has 3 N–H and O–H groups in total. The van der Waals surface area contributed by atoms with E-state index in [2.05, 4.69) is 41.3 Å². The Balaban J connectivity index is 1.46. The zero-order chi connectivity index (χ0) is 24.7. The molecule has 5 rings (SSSR count). The van der Waals surface area contributed by atoms with Gasteiger partial charge in [-0.1, -0.05) is 45.7 Å². The Morgan fingerprint density at radius 1 is 1.06 bits per heavy atom. The van der Waals surface area contributed by atoms with Crippen LogP contribution >= 0.6 is 0 Å². The summed E-state index contributed by atoms with van der Waals surface area (Å²) in [5, 5.41) is 12.1. The number of hydrogen-bond donors (Lipinski definition) is 2. The number of halogens is 2. The lowest BCUT2D eigenvalue weighted by Crippen LogP contribution is -2.42. The van der Waals surface area contributed by atoms with Crippen LogP contribution in [0.25, 0.3) is 22.6 Å². The van der Waals surface area contributed by atoms with Crippen LogP contribution in [0, 0.1) is 0 Å². The van der Waals surface area contributed by atoms with Crippen LogP contribution in [-0.4, -0.2) is 36.5 Å². The number of aromatic nitrogens is 5. The van der Waals surface area contributed by atoms with E-state index in [0.29, 0.717) is 22.8 Å². The van der Waals surface area contributed by atoms with Gasteiger partial charge in [-0.15, -0.1) is 0 Å². The maximum absolute atomic E-state index is 13.9. The largest absolute Gasteiger partial charge is 0.366 e. The first-order valence-corrected chi connectivity index (χ1v) is 12.1. The summed E-state index contributed by atoms with van der Waals surface area (Å²) in [6.45, 7) is 6.39. The van der Waals surface area contributed by atoms with Crippen molar-refractivity contribution in [3.8, 4) is 16.9 Å². The monoisotopic (exact) mass is 479 g/mol. The second-order valence-electron chi connectivity index (χ2n) is 10.3. The van der Waals surface area contributed by atoms with E-state index in [9.17, 15) is 8.78 Å². The molecule has 1 aliphatic carbocycles. The molecule has 3 heterocycles. The lowest BCUT2D eigenvalue weighted by atomic mass is 9.87. The zero-order valence-corrected chi connectivity index (χ0v) is 20.2. The van der Waals surface area contributed by atoms with Crippen molar-refractivity contribution in [1.82, 2.24) is 24.4 Å². The van der Waals surface area contributed by atoms with Gasteiger partial charge in [0.25, 0.3) is 6.43 Å². The van der Waals surface area contributed by atoms with Crippen molar-refractivity contribution in [2.75, 3.05) is 5.32 Å². The molecule has 3 aromatic heterocycles. The summed E-state index contributed by atoms with van der Waals surface area (Å²) in [6.07, 6.45) is 4.95. The Kier molecular flexibility index (Phi) is 6.04. The maximum atomic E-state index is 13.9. The van der Waals surface area contributed by atoms with E-state index in [1.54, 1.807) is 23.0 Å². The van der Waals surface area contributed by atoms with Crippen LogP contribution < -0.4 is 11.1 Å². The van der Waals surface area contributed by atoms with Crippen molar-refractivity contribution in [2.24, 2.45) is 5.73 Å². The molecular formula is C26H31F2N7. The second kappa shape index (κ2) is 9.03. The zero-order valence-electron chi connectivity index (χ0n) is 20.2. The average Bonchev–Trinajstić information content (AvgIpc) is 3.44. The Labute approximate surface area is 203 Å². The third-order valence-electron chi connectivity index (χ3n) is 6.70. The molecule has 0 unspecified atom stereocenters.